The quantitative estimate of drug-likeness (QED) is 0.598. The van der Waals surface area contributed by atoms with Gasteiger partial charge < -0.3 is 15.5 Å². The molecule has 1 saturated carbocycles. The molecular weight excluding hydrogens is 298 g/mol. The Morgan fingerprint density at radius 3 is 2.43 bits per heavy atom. The summed E-state index contributed by atoms with van der Waals surface area (Å²) in [5.41, 5.74) is 0.0688. The molecule has 1 aliphatic carbocycles. The lowest BCUT2D eigenvalue weighted by atomic mass is 10.0. The topological polar surface area (TPSA) is 39.7 Å². The van der Waals surface area contributed by atoms with Crippen molar-refractivity contribution in [3.05, 3.63) is 35.4 Å². The van der Waals surface area contributed by atoms with Crippen molar-refractivity contribution in [2.24, 2.45) is 10.9 Å². The van der Waals surface area contributed by atoms with E-state index in [1.165, 1.54) is 31.0 Å². The number of guanidine groups is 1. The van der Waals surface area contributed by atoms with E-state index in [-0.39, 0.29) is 12.1 Å². The maximum atomic E-state index is 14.0. The largest absolute Gasteiger partial charge is 0.357 e. The molecule has 0 heterocycles. The summed E-state index contributed by atoms with van der Waals surface area (Å²) in [5.74, 6) is 0.361. The second-order valence-corrected chi connectivity index (χ2v) is 6.16. The molecule has 1 aromatic rings. The maximum absolute atomic E-state index is 14.0. The third-order valence-corrected chi connectivity index (χ3v) is 3.98. The third kappa shape index (κ3) is 5.16. The second-order valence-electron chi connectivity index (χ2n) is 6.16. The van der Waals surface area contributed by atoms with Gasteiger partial charge in [0.2, 0.25) is 0 Å². The highest BCUT2D eigenvalue weighted by Gasteiger charge is 2.23. The van der Waals surface area contributed by atoms with E-state index in [1.807, 2.05) is 6.92 Å². The summed E-state index contributed by atoms with van der Waals surface area (Å²) in [6.07, 6.45) is 2.51. The van der Waals surface area contributed by atoms with Gasteiger partial charge in [0.15, 0.2) is 5.96 Å². The maximum Gasteiger partial charge on any atom is 0.191 e. The van der Waals surface area contributed by atoms with E-state index in [0.717, 1.165) is 19.0 Å². The standard InChI is InChI=1S/C17H26F2N4/c1-4-20-17(21-10-12-8-9-12)22-11-15(23(2)3)16-13(18)6-5-7-14(16)19/h5-7,12,15H,4,8-11H2,1-3H3,(H2,20,21,22). The smallest absolute Gasteiger partial charge is 0.191 e. The fraction of sp³-hybridized carbons (Fsp3) is 0.588. The molecule has 1 aliphatic rings. The van der Waals surface area contributed by atoms with Gasteiger partial charge in [-0.2, -0.15) is 0 Å². The van der Waals surface area contributed by atoms with Gasteiger partial charge in [-0.1, -0.05) is 6.07 Å². The number of rotatable bonds is 7. The molecule has 128 valence electrons. The summed E-state index contributed by atoms with van der Waals surface area (Å²) in [6.45, 7) is 3.92. The third-order valence-electron chi connectivity index (χ3n) is 3.98. The monoisotopic (exact) mass is 324 g/mol. The van der Waals surface area contributed by atoms with Crippen LogP contribution in [0.2, 0.25) is 0 Å². The minimum Gasteiger partial charge on any atom is -0.357 e. The van der Waals surface area contributed by atoms with Crippen molar-refractivity contribution in [3.63, 3.8) is 0 Å². The molecule has 23 heavy (non-hydrogen) atoms. The molecule has 2 rings (SSSR count). The van der Waals surface area contributed by atoms with Gasteiger partial charge in [-0.25, -0.2) is 8.78 Å². The van der Waals surface area contributed by atoms with Gasteiger partial charge in [-0.05, 0) is 51.9 Å². The van der Waals surface area contributed by atoms with Gasteiger partial charge in [0, 0.05) is 18.7 Å². The van der Waals surface area contributed by atoms with Crippen molar-refractivity contribution in [1.29, 1.82) is 0 Å². The summed E-state index contributed by atoms with van der Waals surface area (Å²) < 4.78 is 28.1. The molecule has 1 atom stereocenters. The molecule has 0 aliphatic heterocycles. The van der Waals surface area contributed by atoms with Crippen LogP contribution >= 0.6 is 0 Å². The summed E-state index contributed by atoms with van der Waals surface area (Å²) in [7, 11) is 3.60. The highest BCUT2D eigenvalue weighted by molar-refractivity contribution is 5.79. The molecule has 1 unspecified atom stereocenters. The van der Waals surface area contributed by atoms with E-state index in [9.17, 15) is 8.78 Å². The number of aliphatic imine (C=N–C) groups is 1. The lowest BCUT2D eigenvalue weighted by Crippen LogP contribution is -2.39. The van der Waals surface area contributed by atoms with Crippen LogP contribution in [0.25, 0.3) is 0 Å². The van der Waals surface area contributed by atoms with Gasteiger partial charge >= 0.3 is 0 Å². The van der Waals surface area contributed by atoms with Gasteiger partial charge in [0.1, 0.15) is 11.6 Å². The molecule has 0 aromatic heterocycles. The van der Waals surface area contributed by atoms with Crippen LogP contribution in [0.4, 0.5) is 8.78 Å². The molecule has 0 saturated heterocycles. The number of nitrogens with one attached hydrogen (secondary N) is 2. The molecule has 0 amide bonds. The first kappa shape index (κ1) is 17.7. The van der Waals surface area contributed by atoms with E-state index < -0.39 is 17.7 Å². The van der Waals surface area contributed by atoms with Gasteiger partial charge in [-0.3, -0.25) is 4.99 Å². The zero-order valence-corrected chi connectivity index (χ0v) is 14.1. The van der Waals surface area contributed by atoms with Crippen LogP contribution in [0.5, 0.6) is 0 Å². The fourth-order valence-electron chi connectivity index (χ4n) is 2.42. The highest BCUT2D eigenvalue weighted by Crippen LogP contribution is 2.27. The summed E-state index contributed by atoms with van der Waals surface area (Å²) in [4.78, 5) is 6.30. The Bertz CT molecular complexity index is 521. The van der Waals surface area contributed by atoms with E-state index in [2.05, 4.69) is 15.6 Å². The van der Waals surface area contributed by atoms with E-state index in [0.29, 0.717) is 5.96 Å². The van der Waals surface area contributed by atoms with Crippen LogP contribution in [0.3, 0.4) is 0 Å². The van der Waals surface area contributed by atoms with Gasteiger partial charge in [0.25, 0.3) is 0 Å². The lowest BCUT2D eigenvalue weighted by Gasteiger charge is -2.24. The molecule has 6 heteroatoms. The number of benzene rings is 1. The Labute approximate surface area is 137 Å². The van der Waals surface area contributed by atoms with Crippen molar-refractivity contribution < 1.29 is 8.78 Å². The van der Waals surface area contributed by atoms with Crippen LogP contribution in [0.1, 0.15) is 31.4 Å². The van der Waals surface area contributed by atoms with E-state index in [4.69, 9.17) is 0 Å². The normalized spacial score (nSPS) is 16.5. The van der Waals surface area contributed by atoms with Crippen molar-refractivity contribution in [2.75, 3.05) is 33.7 Å². The van der Waals surface area contributed by atoms with Crippen LogP contribution in [0.15, 0.2) is 23.2 Å². The lowest BCUT2D eigenvalue weighted by molar-refractivity contribution is 0.290. The predicted molar refractivity (Wildman–Crippen MR) is 89.5 cm³/mol. The molecule has 0 bridgehead atoms. The average molecular weight is 324 g/mol. The molecule has 2 N–H and O–H groups in total. The van der Waals surface area contributed by atoms with Gasteiger partial charge in [-0.15, -0.1) is 0 Å². The molecule has 1 aromatic carbocycles. The summed E-state index contributed by atoms with van der Waals surface area (Å²) in [5, 5.41) is 6.46. The first-order chi connectivity index (χ1) is 11.0. The van der Waals surface area contributed by atoms with Crippen molar-refractivity contribution in [1.82, 2.24) is 15.5 Å². The van der Waals surface area contributed by atoms with Crippen molar-refractivity contribution in [2.45, 2.75) is 25.8 Å². The number of likely N-dealkylation sites (N-methyl/N-ethyl adjacent to an activating group) is 1. The zero-order valence-electron chi connectivity index (χ0n) is 14.1. The van der Waals surface area contributed by atoms with Crippen LogP contribution in [-0.2, 0) is 0 Å². The minimum atomic E-state index is -0.533. The minimum absolute atomic E-state index is 0.0688. The molecule has 4 nitrogen and oxygen atoms in total. The molecule has 1 fully saturated rings. The van der Waals surface area contributed by atoms with Gasteiger partial charge in [0.05, 0.1) is 12.6 Å². The Kier molecular flexibility index (Phi) is 6.33. The van der Waals surface area contributed by atoms with Crippen molar-refractivity contribution in [3.8, 4) is 0 Å². The molecule has 0 spiro atoms. The average Bonchev–Trinajstić information content (AvgIpc) is 3.31. The Morgan fingerprint density at radius 1 is 1.26 bits per heavy atom. The molecule has 0 radical (unpaired) electrons. The van der Waals surface area contributed by atoms with Crippen LogP contribution in [0, 0.1) is 17.6 Å². The van der Waals surface area contributed by atoms with Crippen LogP contribution < -0.4 is 10.6 Å². The first-order valence-corrected chi connectivity index (χ1v) is 8.15. The SMILES string of the molecule is CCNC(=NCC(c1c(F)cccc1F)N(C)C)NCC1CC1. The first-order valence-electron chi connectivity index (χ1n) is 8.15. The Hall–Kier alpha value is -1.69. The van der Waals surface area contributed by atoms with Crippen LogP contribution in [-0.4, -0.2) is 44.6 Å². The van der Waals surface area contributed by atoms with Crippen molar-refractivity contribution >= 4 is 5.96 Å². The zero-order chi connectivity index (χ0) is 16.8. The highest BCUT2D eigenvalue weighted by atomic mass is 19.1. The Balaban J connectivity index is 2.11. The second kappa shape index (κ2) is 8.24. The summed E-state index contributed by atoms with van der Waals surface area (Å²) in [6, 6.07) is 3.50. The Morgan fingerprint density at radius 2 is 1.91 bits per heavy atom. The summed E-state index contributed by atoms with van der Waals surface area (Å²) >= 11 is 0. The van der Waals surface area contributed by atoms with E-state index in [1.54, 1.807) is 19.0 Å². The van der Waals surface area contributed by atoms with E-state index >= 15 is 0 Å². The fourth-order valence-corrected chi connectivity index (χ4v) is 2.42. The predicted octanol–water partition coefficient (Wildman–Crippen LogP) is 2.53. The number of nitrogens with zero attached hydrogens (tertiary/aromatic N) is 2. The number of hydrogen-bond acceptors (Lipinski definition) is 2. The number of hydrogen-bond donors (Lipinski definition) is 2. The molecular formula is C17H26F2N4. The number of halogens is 2.